The number of carboxylic acid groups (broad SMARTS) is 1. The lowest BCUT2D eigenvalue weighted by molar-refractivity contribution is -0.143. The number of hydrogen-bond acceptors (Lipinski definition) is 5. The zero-order valence-corrected chi connectivity index (χ0v) is 11.4. The van der Waals surface area contributed by atoms with E-state index in [2.05, 4.69) is 20.7 Å². The molecule has 0 spiro atoms. The first-order chi connectivity index (χ1) is 9.40. The average molecular weight is 289 g/mol. The Balaban J connectivity index is 4.00. The van der Waals surface area contributed by atoms with Crippen molar-refractivity contribution in [1.82, 2.24) is 16.0 Å². The molecule has 0 aliphatic carbocycles. The Kier molecular flexibility index (Phi) is 8.68. The lowest BCUT2D eigenvalue weighted by Crippen LogP contribution is -2.48. The molecule has 0 saturated carbocycles. The minimum Gasteiger partial charge on any atom is -0.480 e. The number of ether oxygens (including phenoxy) is 1. The Hall–Kier alpha value is -2.16. The van der Waals surface area contributed by atoms with Crippen molar-refractivity contribution >= 4 is 23.7 Å². The summed E-state index contributed by atoms with van der Waals surface area (Å²) in [4.78, 5) is 44.3. The lowest BCUT2D eigenvalue weighted by Gasteiger charge is -2.13. The number of amides is 3. The summed E-state index contributed by atoms with van der Waals surface area (Å²) in [7, 11) is 1.31. The summed E-state index contributed by atoms with van der Waals surface area (Å²) >= 11 is 0. The zero-order valence-electron chi connectivity index (χ0n) is 11.4. The summed E-state index contributed by atoms with van der Waals surface area (Å²) < 4.78 is 4.64. The van der Waals surface area contributed by atoms with Crippen LogP contribution in [0.15, 0.2) is 0 Å². The van der Waals surface area contributed by atoms with E-state index in [4.69, 9.17) is 5.11 Å². The van der Waals surface area contributed by atoms with E-state index in [0.717, 1.165) is 0 Å². The van der Waals surface area contributed by atoms with E-state index in [9.17, 15) is 19.2 Å². The maximum Gasteiger partial charge on any atom is 0.328 e. The Morgan fingerprint density at radius 1 is 1.05 bits per heavy atom. The van der Waals surface area contributed by atoms with E-state index >= 15 is 0 Å². The molecule has 0 aromatic heterocycles. The maximum atomic E-state index is 11.4. The summed E-state index contributed by atoms with van der Waals surface area (Å²) in [5, 5.41) is 15.5. The normalized spacial score (nSPS) is 11.3. The molecule has 0 rings (SSSR count). The first kappa shape index (κ1) is 17.8. The average Bonchev–Trinajstić information content (AvgIpc) is 2.41. The number of carbonyl (C=O) groups is 4. The van der Waals surface area contributed by atoms with Crippen LogP contribution in [-0.4, -0.2) is 61.6 Å². The van der Waals surface area contributed by atoms with Crippen LogP contribution in [0.5, 0.6) is 0 Å². The molecule has 3 amide bonds. The predicted molar refractivity (Wildman–Crippen MR) is 67.8 cm³/mol. The van der Waals surface area contributed by atoms with Crippen LogP contribution in [-0.2, 0) is 23.9 Å². The van der Waals surface area contributed by atoms with Gasteiger partial charge in [-0.25, -0.2) is 4.79 Å². The number of hydrogen-bond donors (Lipinski definition) is 4. The van der Waals surface area contributed by atoms with Crippen LogP contribution in [0, 0.1) is 0 Å². The predicted octanol–water partition coefficient (Wildman–Crippen LogP) is -2.16. The van der Waals surface area contributed by atoms with Gasteiger partial charge in [0.15, 0.2) is 6.04 Å². The van der Waals surface area contributed by atoms with E-state index in [-0.39, 0.29) is 32.0 Å². The van der Waals surface area contributed by atoms with Crippen LogP contribution < -0.4 is 16.0 Å². The Morgan fingerprint density at radius 2 is 1.60 bits per heavy atom. The molecule has 9 heteroatoms. The molecule has 0 aliphatic heterocycles. The van der Waals surface area contributed by atoms with Crippen molar-refractivity contribution in [2.24, 2.45) is 0 Å². The highest BCUT2D eigenvalue weighted by Crippen LogP contribution is 1.85. The number of methoxy groups -OCH3 is 1. The van der Waals surface area contributed by atoms with E-state index in [0.29, 0.717) is 0 Å². The molecule has 0 heterocycles. The fraction of sp³-hybridized carbons (Fsp3) is 0.636. The smallest absolute Gasteiger partial charge is 0.328 e. The van der Waals surface area contributed by atoms with E-state index in [1.807, 2.05) is 0 Å². The van der Waals surface area contributed by atoms with Crippen molar-refractivity contribution < 1.29 is 29.0 Å². The number of carboxylic acids is 1. The minimum atomic E-state index is -1.23. The van der Waals surface area contributed by atoms with E-state index in [1.165, 1.54) is 7.11 Å². The van der Waals surface area contributed by atoms with Gasteiger partial charge >= 0.3 is 5.97 Å². The molecule has 9 nitrogen and oxygen atoms in total. The molecule has 1 atom stereocenters. The van der Waals surface area contributed by atoms with Crippen molar-refractivity contribution in [3.05, 3.63) is 0 Å². The first-order valence-corrected chi connectivity index (χ1v) is 5.95. The molecule has 0 bridgehead atoms. The fourth-order valence-corrected chi connectivity index (χ4v) is 1.13. The topological polar surface area (TPSA) is 134 Å². The molecule has 0 aliphatic rings. The van der Waals surface area contributed by atoms with Crippen LogP contribution in [0.25, 0.3) is 0 Å². The van der Waals surface area contributed by atoms with E-state index in [1.54, 1.807) is 6.92 Å². The summed E-state index contributed by atoms with van der Waals surface area (Å²) in [6.45, 7) is 0.846. The summed E-state index contributed by atoms with van der Waals surface area (Å²) in [6, 6.07) is -1.18. The van der Waals surface area contributed by atoms with Gasteiger partial charge in [0.1, 0.15) is 0 Å². The van der Waals surface area contributed by atoms with Crippen LogP contribution >= 0.6 is 0 Å². The molecule has 114 valence electrons. The molecule has 4 N–H and O–H groups in total. The summed E-state index contributed by atoms with van der Waals surface area (Å²) in [5.41, 5.74) is 0. The second-order valence-corrected chi connectivity index (χ2v) is 3.82. The van der Waals surface area contributed by atoms with Crippen LogP contribution in [0.4, 0.5) is 0 Å². The second-order valence-electron chi connectivity index (χ2n) is 3.82. The fourth-order valence-electron chi connectivity index (χ4n) is 1.13. The van der Waals surface area contributed by atoms with Gasteiger partial charge in [0, 0.05) is 13.5 Å². The molecular weight excluding hydrogens is 270 g/mol. The molecule has 0 radical (unpaired) electrons. The van der Waals surface area contributed by atoms with Crippen LogP contribution in [0.1, 0.15) is 13.3 Å². The molecule has 0 aromatic rings. The molecular formula is C11H19N3O6. The maximum absolute atomic E-state index is 11.4. The molecule has 20 heavy (non-hydrogen) atoms. The molecule has 0 fully saturated rings. The number of aliphatic carboxylic acids is 1. The van der Waals surface area contributed by atoms with Gasteiger partial charge in [0.25, 0.3) is 0 Å². The van der Waals surface area contributed by atoms with Crippen molar-refractivity contribution in [3.8, 4) is 0 Å². The monoisotopic (exact) mass is 289 g/mol. The van der Waals surface area contributed by atoms with Gasteiger partial charge in [0.05, 0.1) is 19.7 Å². The highest BCUT2D eigenvalue weighted by molar-refractivity contribution is 5.89. The highest BCUT2D eigenvalue weighted by Gasteiger charge is 2.19. The van der Waals surface area contributed by atoms with Crippen molar-refractivity contribution in [3.63, 3.8) is 0 Å². The van der Waals surface area contributed by atoms with E-state index < -0.39 is 23.8 Å². The molecule has 0 unspecified atom stereocenters. The number of carbonyl (C=O) groups excluding carboxylic acids is 3. The summed E-state index contributed by atoms with van der Waals surface area (Å²) in [5.74, 6) is -2.72. The van der Waals surface area contributed by atoms with Crippen LogP contribution in [0.2, 0.25) is 0 Å². The Labute approximate surface area is 116 Å². The summed E-state index contributed by atoms with van der Waals surface area (Å²) in [6.07, 6.45) is 0.255. The third-order valence-electron chi connectivity index (χ3n) is 2.18. The first-order valence-electron chi connectivity index (χ1n) is 5.95. The Morgan fingerprint density at radius 3 is 2.10 bits per heavy atom. The van der Waals surface area contributed by atoms with Gasteiger partial charge in [-0.05, 0) is 0 Å². The largest absolute Gasteiger partial charge is 0.480 e. The number of rotatable bonds is 9. The number of nitrogens with one attached hydrogen (secondary N) is 3. The minimum absolute atomic E-state index is 0.179. The molecule has 0 saturated heterocycles. The zero-order chi connectivity index (χ0) is 15.5. The van der Waals surface area contributed by atoms with Gasteiger partial charge in [-0.3, -0.25) is 14.4 Å². The van der Waals surface area contributed by atoms with Crippen LogP contribution in [0.3, 0.4) is 0 Å². The molecule has 0 aromatic carbocycles. The third-order valence-corrected chi connectivity index (χ3v) is 2.18. The quantitative estimate of drug-likeness (QED) is 0.382. The van der Waals surface area contributed by atoms with Gasteiger partial charge in [-0.15, -0.1) is 0 Å². The van der Waals surface area contributed by atoms with Crippen molar-refractivity contribution in [2.45, 2.75) is 19.4 Å². The Bertz CT molecular complexity index is 371. The van der Waals surface area contributed by atoms with Gasteiger partial charge in [-0.1, -0.05) is 6.92 Å². The highest BCUT2D eigenvalue weighted by atomic mass is 16.5. The standard InChI is InChI=1S/C11H19N3O6/c1-3-8(15)12-4-9(16)13-5-10(17)14-7(6-20-2)11(18)19/h7H,3-6H2,1-2H3,(H,12,15)(H,13,16)(H,14,17)(H,18,19)/t7-/m0/s1. The van der Waals surface area contributed by atoms with Gasteiger partial charge in [0.2, 0.25) is 17.7 Å². The van der Waals surface area contributed by atoms with Gasteiger partial charge < -0.3 is 25.8 Å². The lowest BCUT2D eigenvalue weighted by atomic mass is 10.3. The van der Waals surface area contributed by atoms with Crippen molar-refractivity contribution in [1.29, 1.82) is 0 Å². The van der Waals surface area contributed by atoms with Crippen molar-refractivity contribution in [2.75, 3.05) is 26.8 Å². The SMILES string of the molecule is CCC(=O)NCC(=O)NCC(=O)N[C@@H](COC)C(=O)O. The second kappa shape index (κ2) is 9.73. The van der Waals surface area contributed by atoms with Gasteiger partial charge in [-0.2, -0.15) is 0 Å². The third kappa shape index (κ3) is 8.03.